The fraction of sp³-hybridized carbons (Fsp3) is 0.583. The molecule has 0 amide bonds. The van der Waals surface area contributed by atoms with E-state index in [1.807, 2.05) is 19.3 Å². The van der Waals surface area contributed by atoms with Crippen molar-refractivity contribution in [2.75, 3.05) is 13.6 Å². The molecular weight excluding hydrogens is 172 g/mol. The van der Waals surface area contributed by atoms with Gasteiger partial charge in [0, 0.05) is 31.5 Å². The molecule has 0 unspecified atom stereocenters. The molecule has 0 saturated heterocycles. The van der Waals surface area contributed by atoms with Gasteiger partial charge in [-0.1, -0.05) is 6.58 Å². The molecule has 0 aromatic rings. The zero-order valence-corrected chi connectivity index (χ0v) is 9.45. The van der Waals surface area contributed by atoms with E-state index < -0.39 is 0 Å². The molecule has 0 bridgehead atoms. The van der Waals surface area contributed by atoms with Crippen molar-refractivity contribution in [3.8, 4) is 0 Å². The van der Waals surface area contributed by atoms with Crippen molar-refractivity contribution >= 4 is 6.21 Å². The Kier molecular flexibility index (Phi) is 3.93. The van der Waals surface area contributed by atoms with Gasteiger partial charge in [-0.3, -0.25) is 4.99 Å². The fourth-order valence-corrected chi connectivity index (χ4v) is 1.94. The van der Waals surface area contributed by atoms with Crippen LogP contribution in [0.2, 0.25) is 0 Å². The average Bonchev–Trinajstić information content (AvgIpc) is 2.18. The molecular formula is C12H20N2. The van der Waals surface area contributed by atoms with Crippen LogP contribution in [0.25, 0.3) is 0 Å². The Hall–Kier alpha value is -1.05. The normalized spacial score (nSPS) is 18.4. The van der Waals surface area contributed by atoms with E-state index in [9.17, 15) is 0 Å². The van der Waals surface area contributed by atoms with Crippen molar-refractivity contribution in [3.63, 3.8) is 0 Å². The molecule has 2 heteroatoms. The quantitative estimate of drug-likeness (QED) is 0.628. The van der Waals surface area contributed by atoms with Gasteiger partial charge in [-0.25, -0.2) is 0 Å². The van der Waals surface area contributed by atoms with Crippen molar-refractivity contribution in [2.24, 2.45) is 4.99 Å². The summed E-state index contributed by atoms with van der Waals surface area (Å²) in [5, 5.41) is 0. The Morgan fingerprint density at radius 3 is 2.71 bits per heavy atom. The minimum absolute atomic E-state index is 0.545. The molecule has 0 spiro atoms. The Bertz CT molecular complexity index is 261. The maximum atomic E-state index is 4.09. The predicted molar refractivity (Wildman–Crippen MR) is 62.7 cm³/mol. The van der Waals surface area contributed by atoms with Crippen LogP contribution in [0, 0.1) is 0 Å². The Morgan fingerprint density at radius 2 is 2.21 bits per heavy atom. The highest BCUT2D eigenvalue weighted by Gasteiger charge is 2.18. The maximum Gasteiger partial charge on any atom is 0.0410 e. The minimum Gasteiger partial charge on any atom is -0.369 e. The molecule has 2 nitrogen and oxygen atoms in total. The van der Waals surface area contributed by atoms with Gasteiger partial charge in [0.2, 0.25) is 0 Å². The van der Waals surface area contributed by atoms with Crippen molar-refractivity contribution in [3.05, 3.63) is 23.9 Å². The lowest BCUT2D eigenvalue weighted by atomic mass is 10.0. The van der Waals surface area contributed by atoms with Gasteiger partial charge < -0.3 is 4.90 Å². The van der Waals surface area contributed by atoms with Gasteiger partial charge in [0.25, 0.3) is 0 Å². The van der Waals surface area contributed by atoms with Crippen LogP contribution in [0.5, 0.6) is 0 Å². The molecule has 0 N–H and O–H groups in total. The van der Waals surface area contributed by atoms with Gasteiger partial charge >= 0.3 is 0 Å². The third-order valence-electron chi connectivity index (χ3n) is 2.59. The van der Waals surface area contributed by atoms with Gasteiger partial charge in [0.05, 0.1) is 0 Å². The lowest BCUT2D eigenvalue weighted by Gasteiger charge is -2.34. The Morgan fingerprint density at radius 1 is 1.50 bits per heavy atom. The number of nitrogens with zero attached hydrogens (tertiary/aromatic N) is 2. The highest BCUT2D eigenvalue weighted by atomic mass is 15.2. The lowest BCUT2D eigenvalue weighted by Crippen LogP contribution is -2.34. The zero-order valence-electron chi connectivity index (χ0n) is 9.45. The SMILES string of the molecule is C=CC1=C(C=NC)CCCN1C(C)C. The largest absolute Gasteiger partial charge is 0.369 e. The first-order valence-corrected chi connectivity index (χ1v) is 5.25. The zero-order chi connectivity index (χ0) is 10.6. The van der Waals surface area contributed by atoms with E-state index in [0.29, 0.717) is 6.04 Å². The molecule has 78 valence electrons. The molecule has 0 aromatic heterocycles. The highest BCUT2D eigenvalue weighted by Crippen LogP contribution is 2.23. The van der Waals surface area contributed by atoms with Gasteiger partial charge in [0.15, 0.2) is 0 Å². The number of allylic oxidation sites excluding steroid dienone is 2. The number of aliphatic imine (C=N–C) groups is 1. The van der Waals surface area contributed by atoms with Gasteiger partial charge in [-0.15, -0.1) is 0 Å². The third kappa shape index (κ3) is 2.25. The van der Waals surface area contributed by atoms with E-state index in [2.05, 4.69) is 30.3 Å². The summed E-state index contributed by atoms with van der Waals surface area (Å²) in [6, 6.07) is 0.545. The molecule has 14 heavy (non-hydrogen) atoms. The number of hydrogen-bond donors (Lipinski definition) is 0. The second-order valence-corrected chi connectivity index (χ2v) is 3.89. The number of hydrogen-bond acceptors (Lipinski definition) is 2. The predicted octanol–water partition coefficient (Wildman–Crippen LogP) is 2.63. The van der Waals surface area contributed by atoms with Crippen molar-refractivity contribution in [2.45, 2.75) is 32.7 Å². The average molecular weight is 192 g/mol. The first-order chi connectivity index (χ1) is 6.70. The van der Waals surface area contributed by atoms with Crippen LogP contribution in [0.3, 0.4) is 0 Å². The summed E-state index contributed by atoms with van der Waals surface area (Å²) in [5.74, 6) is 0. The topological polar surface area (TPSA) is 15.6 Å². The molecule has 0 atom stereocenters. The van der Waals surface area contributed by atoms with E-state index >= 15 is 0 Å². The summed E-state index contributed by atoms with van der Waals surface area (Å²) in [6.45, 7) is 9.46. The first kappa shape index (κ1) is 11.0. The summed E-state index contributed by atoms with van der Waals surface area (Å²) in [7, 11) is 1.82. The molecule has 0 fully saturated rings. The van der Waals surface area contributed by atoms with Crippen LogP contribution < -0.4 is 0 Å². The Balaban J connectivity index is 3.00. The van der Waals surface area contributed by atoms with Crippen molar-refractivity contribution in [1.29, 1.82) is 0 Å². The van der Waals surface area contributed by atoms with Gasteiger partial charge in [-0.05, 0) is 38.3 Å². The van der Waals surface area contributed by atoms with Gasteiger partial charge in [-0.2, -0.15) is 0 Å². The maximum absolute atomic E-state index is 4.09. The van der Waals surface area contributed by atoms with E-state index in [-0.39, 0.29) is 0 Å². The molecule has 1 rings (SSSR count). The van der Waals surface area contributed by atoms with Gasteiger partial charge in [0.1, 0.15) is 0 Å². The Labute approximate surface area is 87.0 Å². The van der Waals surface area contributed by atoms with Crippen molar-refractivity contribution in [1.82, 2.24) is 4.90 Å². The lowest BCUT2D eigenvalue weighted by molar-refractivity contribution is 0.274. The molecule has 0 saturated carbocycles. The molecule has 0 aliphatic carbocycles. The van der Waals surface area contributed by atoms with E-state index in [1.165, 1.54) is 17.7 Å². The number of rotatable bonds is 3. The van der Waals surface area contributed by atoms with Crippen molar-refractivity contribution < 1.29 is 0 Å². The van der Waals surface area contributed by atoms with E-state index in [1.54, 1.807) is 0 Å². The van der Waals surface area contributed by atoms with Crippen LogP contribution >= 0.6 is 0 Å². The van der Waals surface area contributed by atoms with Crippen LogP contribution in [0.15, 0.2) is 28.9 Å². The highest BCUT2D eigenvalue weighted by molar-refractivity contribution is 5.80. The first-order valence-electron chi connectivity index (χ1n) is 5.25. The van der Waals surface area contributed by atoms with Crippen LogP contribution in [-0.2, 0) is 0 Å². The summed E-state index contributed by atoms with van der Waals surface area (Å²) in [6.07, 6.45) is 6.26. The molecule has 1 heterocycles. The molecule has 0 aromatic carbocycles. The second-order valence-electron chi connectivity index (χ2n) is 3.89. The molecule has 0 radical (unpaired) electrons. The monoisotopic (exact) mass is 192 g/mol. The van der Waals surface area contributed by atoms with Crippen LogP contribution in [0.4, 0.5) is 0 Å². The standard InChI is InChI=1S/C12H20N2/c1-5-12-11(9-13-4)7-6-8-14(12)10(2)3/h5,9-10H,1,6-8H2,2-4H3. The van der Waals surface area contributed by atoms with Crippen LogP contribution in [-0.4, -0.2) is 30.7 Å². The summed E-state index contributed by atoms with van der Waals surface area (Å²) in [4.78, 5) is 6.49. The summed E-state index contributed by atoms with van der Waals surface area (Å²) < 4.78 is 0. The fourth-order valence-electron chi connectivity index (χ4n) is 1.94. The molecule has 1 aliphatic heterocycles. The second kappa shape index (κ2) is 4.99. The minimum atomic E-state index is 0.545. The molecule has 1 aliphatic rings. The van der Waals surface area contributed by atoms with E-state index in [0.717, 1.165) is 13.0 Å². The summed E-state index contributed by atoms with van der Waals surface area (Å²) in [5.41, 5.74) is 2.58. The van der Waals surface area contributed by atoms with Crippen LogP contribution in [0.1, 0.15) is 26.7 Å². The van der Waals surface area contributed by atoms with E-state index in [4.69, 9.17) is 0 Å². The third-order valence-corrected chi connectivity index (χ3v) is 2.59. The smallest absolute Gasteiger partial charge is 0.0410 e. The summed E-state index contributed by atoms with van der Waals surface area (Å²) >= 11 is 0.